The Balaban J connectivity index is 1.46. The maximum Gasteiger partial charge on any atom is 0.0900 e. The highest BCUT2D eigenvalue weighted by Gasteiger charge is 2.21. The zero-order chi connectivity index (χ0) is 29.7. The summed E-state index contributed by atoms with van der Waals surface area (Å²) in [5.74, 6) is 0. The molecule has 5 aromatic heterocycles. The predicted molar refractivity (Wildman–Crippen MR) is 187 cm³/mol. The number of pyridine rings is 4. The number of hydrogen-bond donors (Lipinski definition) is 0. The molecule has 45 heavy (non-hydrogen) atoms. The summed E-state index contributed by atoms with van der Waals surface area (Å²) in [6.07, 6.45) is 3.63. The summed E-state index contributed by atoms with van der Waals surface area (Å²) in [6.45, 7) is 0. The number of benzene rings is 4. The molecule has 0 aliphatic heterocycles. The zero-order valence-electron chi connectivity index (χ0n) is 24.1. The van der Waals surface area contributed by atoms with Crippen LogP contribution in [-0.4, -0.2) is 19.9 Å². The second-order valence-electron chi connectivity index (χ2n) is 11.0. The number of nitrogens with zero attached hydrogens (tertiary/aromatic N) is 4. The Bertz CT molecular complexity index is 2470. The summed E-state index contributed by atoms with van der Waals surface area (Å²) in [4.78, 5) is 19.7. The number of aromatic nitrogens is 4. The van der Waals surface area contributed by atoms with Crippen LogP contribution in [0.3, 0.4) is 0 Å². The molecule has 0 saturated heterocycles. The first kappa shape index (κ1) is 25.7. The molecule has 0 aliphatic rings. The Morgan fingerprint density at radius 2 is 1.09 bits per heavy atom. The third-order valence-electron chi connectivity index (χ3n) is 8.35. The Labute approximate surface area is 263 Å². The van der Waals surface area contributed by atoms with Crippen molar-refractivity contribution in [2.24, 2.45) is 0 Å². The lowest BCUT2D eigenvalue weighted by Crippen LogP contribution is -1.95. The normalized spacial score (nSPS) is 11.6. The van der Waals surface area contributed by atoms with Crippen LogP contribution in [0.4, 0.5) is 0 Å². The number of fused-ring (bicyclic) bond motifs is 7. The Kier molecular flexibility index (Phi) is 5.96. The Morgan fingerprint density at radius 3 is 1.80 bits per heavy atom. The highest BCUT2D eigenvalue weighted by Crippen LogP contribution is 2.48. The van der Waals surface area contributed by atoms with Gasteiger partial charge in [0.05, 0.1) is 34.0 Å². The quantitative estimate of drug-likeness (QED) is 0.191. The van der Waals surface area contributed by atoms with Crippen molar-refractivity contribution in [3.05, 3.63) is 146 Å². The molecule has 9 rings (SSSR count). The second kappa shape index (κ2) is 10.4. The van der Waals surface area contributed by atoms with E-state index in [1.807, 2.05) is 60.1 Å². The van der Waals surface area contributed by atoms with E-state index in [0.29, 0.717) is 0 Å². The molecule has 0 bridgehead atoms. The summed E-state index contributed by atoms with van der Waals surface area (Å²) in [6, 6.07) is 46.3. The largest absolute Gasteiger partial charge is 0.255 e. The van der Waals surface area contributed by atoms with Crippen LogP contribution in [-0.2, 0) is 0 Å². The van der Waals surface area contributed by atoms with E-state index in [1.165, 1.54) is 25.6 Å². The van der Waals surface area contributed by atoms with Crippen LogP contribution in [0.25, 0.3) is 87.0 Å². The van der Waals surface area contributed by atoms with E-state index in [4.69, 9.17) is 9.97 Å². The van der Waals surface area contributed by atoms with Crippen molar-refractivity contribution in [2.75, 3.05) is 0 Å². The first-order valence-corrected chi connectivity index (χ1v) is 15.7. The average molecular weight is 593 g/mol. The smallest absolute Gasteiger partial charge is 0.0900 e. The van der Waals surface area contributed by atoms with Gasteiger partial charge in [-0.3, -0.25) is 9.97 Å². The van der Waals surface area contributed by atoms with Gasteiger partial charge in [0.1, 0.15) is 0 Å². The van der Waals surface area contributed by atoms with Crippen molar-refractivity contribution >= 4 is 53.2 Å². The molecule has 210 valence electrons. The molecule has 0 unspecified atom stereocenters. The molecule has 0 atom stereocenters. The summed E-state index contributed by atoms with van der Waals surface area (Å²) in [7, 11) is 0. The molecule has 0 N–H and O–H groups in total. The molecular formula is C40H24N4S. The van der Waals surface area contributed by atoms with E-state index < -0.39 is 0 Å². The van der Waals surface area contributed by atoms with E-state index in [0.717, 1.165) is 61.4 Å². The molecule has 9 aromatic rings. The summed E-state index contributed by atoms with van der Waals surface area (Å²) in [5.41, 5.74) is 8.53. The van der Waals surface area contributed by atoms with Gasteiger partial charge in [0.15, 0.2) is 0 Å². The maximum atomic E-state index is 5.28. The molecule has 0 amide bonds. The molecule has 0 fully saturated rings. The summed E-state index contributed by atoms with van der Waals surface area (Å²) < 4.78 is 2.50. The Hall–Kier alpha value is -5.78. The van der Waals surface area contributed by atoms with Crippen LogP contribution in [0.15, 0.2) is 146 Å². The van der Waals surface area contributed by atoms with Gasteiger partial charge in [-0.25, -0.2) is 9.97 Å². The first-order valence-electron chi connectivity index (χ1n) is 14.9. The lowest BCUT2D eigenvalue weighted by Gasteiger charge is -2.15. The lowest BCUT2D eigenvalue weighted by molar-refractivity contribution is 1.22. The molecule has 0 spiro atoms. The molecule has 4 aromatic carbocycles. The van der Waals surface area contributed by atoms with E-state index in [2.05, 4.69) is 107 Å². The van der Waals surface area contributed by atoms with Gasteiger partial charge in [0, 0.05) is 59.9 Å². The first-order chi connectivity index (χ1) is 22.3. The van der Waals surface area contributed by atoms with Gasteiger partial charge in [-0.05, 0) is 60.2 Å². The van der Waals surface area contributed by atoms with Crippen LogP contribution in [0, 0.1) is 0 Å². The van der Waals surface area contributed by atoms with Crippen LogP contribution >= 0.6 is 11.3 Å². The molecule has 0 aliphatic carbocycles. The van der Waals surface area contributed by atoms with Crippen LogP contribution in [0.2, 0.25) is 0 Å². The fraction of sp³-hybridized carbons (Fsp3) is 0. The lowest BCUT2D eigenvalue weighted by atomic mass is 9.91. The Morgan fingerprint density at radius 1 is 0.444 bits per heavy atom. The van der Waals surface area contributed by atoms with Gasteiger partial charge in [0.2, 0.25) is 0 Å². The van der Waals surface area contributed by atoms with E-state index in [1.54, 1.807) is 0 Å². The molecule has 5 heteroatoms. The minimum Gasteiger partial charge on any atom is -0.255 e. The van der Waals surface area contributed by atoms with Gasteiger partial charge < -0.3 is 0 Å². The molecule has 0 radical (unpaired) electrons. The second-order valence-corrected chi connectivity index (χ2v) is 12.1. The topological polar surface area (TPSA) is 51.6 Å². The minimum atomic E-state index is 0.808. The van der Waals surface area contributed by atoms with Crippen LogP contribution < -0.4 is 0 Å². The standard InChI is InChI=1S/C40H24N4S/c1-2-12-25(13-3-1)39-30-24-29(26-22-34(32-17-8-10-20-41-32)43-35(23-26)33-18-9-11-21-42-33)40-38(28-15-5-7-19-36(28)45-40)37(30)27-14-4-6-16-31(27)44-39/h1-24H. The van der Waals surface area contributed by atoms with Crippen LogP contribution in [0.5, 0.6) is 0 Å². The van der Waals surface area contributed by atoms with E-state index in [9.17, 15) is 0 Å². The molecule has 0 saturated carbocycles. The van der Waals surface area contributed by atoms with Crippen LogP contribution in [0.1, 0.15) is 0 Å². The number of rotatable bonds is 4. The highest BCUT2D eigenvalue weighted by atomic mass is 32.1. The highest BCUT2D eigenvalue weighted by molar-refractivity contribution is 7.26. The van der Waals surface area contributed by atoms with E-state index >= 15 is 0 Å². The summed E-state index contributed by atoms with van der Waals surface area (Å²) in [5, 5.41) is 6.03. The van der Waals surface area contributed by atoms with Gasteiger partial charge in [-0.2, -0.15) is 0 Å². The molecule has 5 heterocycles. The van der Waals surface area contributed by atoms with Crippen molar-refractivity contribution in [3.63, 3.8) is 0 Å². The SMILES string of the molecule is c1ccc(-c2nc3ccccc3c3c2cc(-c2cc(-c4ccccn4)nc(-c4ccccn4)c2)c2sc4ccccc4c23)cc1. The monoisotopic (exact) mass is 592 g/mol. The van der Waals surface area contributed by atoms with Gasteiger partial charge >= 0.3 is 0 Å². The fourth-order valence-corrected chi connectivity index (χ4v) is 7.58. The molecule has 4 nitrogen and oxygen atoms in total. The van der Waals surface area contributed by atoms with E-state index in [-0.39, 0.29) is 0 Å². The van der Waals surface area contributed by atoms with Crippen molar-refractivity contribution in [2.45, 2.75) is 0 Å². The fourth-order valence-electron chi connectivity index (χ4n) is 6.34. The van der Waals surface area contributed by atoms with Crippen molar-refractivity contribution in [1.29, 1.82) is 0 Å². The third-order valence-corrected chi connectivity index (χ3v) is 9.55. The maximum absolute atomic E-state index is 5.28. The average Bonchev–Trinajstić information content (AvgIpc) is 3.51. The van der Waals surface area contributed by atoms with Crippen molar-refractivity contribution < 1.29 is 0 Å². The zero-order valence-corrected chi connectivity index (χ0v) is 24.9. The van der Waals surface area contributed by atoms with Gasteiger partial charge in [0.25, 0.3) is 0 Å². The number of para-hydroxylation sites is 1. The number of hydrogen-bond acceptors (Lipinski definition) is 5. The van der Waals surface area contributed by atoms with Crippen molar-refractivity contribution in [1.82, 2.24) is 19.9 Å². The van der Waals surface area contributed by atoms with Gasteiger partial charge in [-0.1, -0.05) is 78.9 Å². The number of thiophene rings is 1. The predicted octanol–water partition coefficient (Wildman–Crippen LogP) is 10.6. The van der Waals surface area contributed by atoms with Gasteiger partial charge in [-0.15, -0.1) is 11.3 Å². The minimum absolute atomic E-state index is 0.808. The molecular weight excluding hydrogens is 569 g/mol. The third kappa shape index (κ3) is 4.28. The van der Waals surface area contributed by atoms with Crippen molar-refractivity contribution in [3.8, 4) is 45.2 Å². The summed E-state index contributed by atoms with van der Waals surface area (Å²) >= 11 is 1.84.